The zero-order valence-corrected chi connectivity index (χ0v) is 14.0. The van der Waals surface area contributed by atoms with Gasteiger partial charge in [-0.1, -0.05) is 13.0 Å². The lowest BCUT2D eigenvalue weighted by Crippen LogP contribution is -2.32. The molecule has 2 N–H and O–H groups in total. The molecule has 0 spiro atoms. The average Bonchev–Trinajstić information content (AvgIpc) is 2.63. The van der Waals surface area contributed by atoms with Crippen molar-refractivity contribution in [2.45, 2.75) is 51.5 Å². The molecule has 0 saturated carbocycles. The molecule has 1 aliphatic rings. The van der Waals surface area contributed by atoms with Crippen molar-refractivity contribution in [2.75, 3.05) is 13.1 Å². The second-order valence-corrected chi connectivity index (χ2v) is 8.09. The second-order valence-electron chi connectivity index (χ2n) is 6.19. The molecule has 1 aliphatic heterocycles. The Morgan fingerprint density at radius 2 is 1.90 bits per heavy atom. The number of rotatable bonds is 3. The van der Waals surface area contributed by atoms with E-state index in [9.17, 15) is 8.42 Å². The quantitative estimate of drug-likeness (QED) is 0.933. The molecule has 1 atom stereocenters. The SMILES string of the molecule is Cc1cc(C)c(S(=O)(=O)N2CCCC(C)CC2)cc1CN. The molecule has 0 radical (unpaired) electrons. The zero-order chi connectivity index (χ0) is 15.6. The van der Waals surface area contributed by atoms with Crippen LogP contribution in [0.5, 0.6) is 0 Å². The summed E-state index contributed by atoms with van der Waals surface area (Å²) in [7, 11) is -3.41. The second kappa shape index (κ2) is 6.46. The van der Waals surface area contributed by atoms with Crippen molar-refractivity contribution < 1.29 is 8.42 Å². The Hall–Kier alpha value is -0.910. The van der Waals surface area contributed by atoms with Gasteiger partial charge in [-0.05, 0) is 61.8 Å². The number of aryl methyl sites for hydroxylation is 2. The molecule has 2 rings (SSSR count). The smallest absolute Gasteiger partial charge is 0.243 e. The Kier molecular flexibility index (Phi) is 5.07. The molecule has 118 valence electrons. The molecule has 0 aromatic heterocycles. The maximum atomic E-state index is 12.9. The van der Waals surface area contributed by atoms with Gasteiger partial charge in [0.1, 0.15) is 0 Å². The van der Waals surface area contributed by atoms with Gasteiger partial charge in [0.05, 0.1) is 4.90 Å². The minimum Gasteiger partial charge on any atom is -0.326 e. The summed E-state index contributed by atoms with van der Waals surface area (Å²) in [4.78, 5) is 0.420. The van der Waals surface area contributed by atoms with Crippen molar-refractivity contribution >= 4 is 10.0 Å². The fourth-order valence-corrected chi connectivity index (χ4v) is 4.74. The lowest BCUT2D eigenvalue weighted by atomic mass is 10.0. The Morgan fingerprint density at radius 1 is 1.19 bits per heavy atom. The Bertz CT molecular complexity index is 611. The fraction of sp³-hybridized carbons (Fsp3) is 0.625. The van der Waals surface area contributed by atoms with E-state index < -0.39 is 10.0 Å². The summed E-state index contributed by atoms with van der Waals surface area (Å²) in [5, 5.41) is 0. The van der Waals surface area contributed by atoms with Crippen LogP contribution in [0.1, 0.15) is 42.9 Å². The monoisotopic (exact) mass is 310 g/mol. The average molecular weight is 310 g/mol. The topological polar surface area (TPSA) is 63.4 Å². The zero-order valence-electron chi connectivity index (χ0n) is 13.2. The van der Waals surface area contributed by atoms with E-state index in [4.69, 9.17) is 5.73 Å². The molecule has 0 aliphatic carbocycles. The van der Waals surface area contributed by atoms with Gasteiger partial charge in [-0.2, -0.15) is 4.31 Å². The maximum absolute atomic E-state index is 12.9. The Balaban J connectivity index is 2.39. The van der Waals surface area contributed by atoms with Gasteiger partial charge in [0, 0.05) is 19.6 Å². The first-order chi connectivity index (χ1) is 9.86. The highest BCUT2D eigenvalue weighted by molar-refractivity contribution is 7.89. The molecular formula is C16H26N2O2S. The minimum atomic E-state index is -3.41. The van der Waals surface area contributed by atoms with E-state index in [1.807, 2.05) is 19.9 Å². The Morgan fingerprint density at radius 3 is 2.57 bits per heavy atom. The van der Waals surface area contributed by atoms with Gasteiger partial charge < -0.3 is 5.73 Å². The molecule has 1 fully saturated rings. The van der Waals surface area contributed by atoms with Crippen LogP contribution in [-0.2, 0) is 16.6 Å². The van der Waals surface area contributed by atoms with Crippen molar-refractivity contribution in [3.63, 3.8) is 0 Å². The van der Waals surface area contributed by atoms with Crippen LogP contribution in [0.4, 0.5) is 0 Å². The fourth-order valence-electron chi connectivity index (χ4n) is 2.99. The van der Waals surface area contributed by atoms with E-state index in [0.717, 1.165) is 36.0 Å². The van der Waals surface area contributed by atoms with Crippen LogP contribution in [0.3, 0.4) is 0 Å². The molecule has 1 saturated heterocycles. The standard InChI is InChI=1S/C16H26N2O2S/c1-12-5-4-7-18(8-6-12)21(19,20)16-10-15(11-17)13(2)9-14(16)3/h9-10,12H,4-8,11,17H2,1-3H3. The number of hydrogen-bond acceptors (Lipinski definition) is 3. The molecule has 4 nitrogen and oxygen atoms in total. The van der Waals surface area contributed by atoms with Crippen LogP contribution in [0.15, 0.2) is 17.0 Å². The van der Waals surface area contributed by atoms with Crippen LogP contribution in [-0.4, -0.2) is 25.8 Å². The van der Waals surface area contributed by atoms with Crippen LogP contribution >= 0.6 is 0 Å². The molecule has 21 heavy (non-hydrogen) atoms. The molecule has 0 amide bonds. The first kappa shape index (κ1) is 16.5. The van der Waals surface area contributed by atoms with E-state index in [-0.39, 0.29) is 0 Å². The van der Waals surface area contributed by atoms with Crippen molar-refractivity contribution in [3.05, 3.63) is 28.8 Å². The summed E-state index contributed by atoms with van der Waals surface area (Å²) in [5.41, 5.74) is 8.49. The molecule has 1 heterocycles. The predicted octanol–water partition coefficient (Wildman–Crippen LogP) is 2.57. The van der Waals surface area contributed by atoms with Gasteiger partial charge in [-0.3, -0.25) is 0 Å². The lowest BCUT2D eigenvalue weighted by Gasteiger charge is -2.22. The van der Waals surface area contributed by atoms with Gasteiger partial charge >= 0.3 is 0 Å². The van der Waals surface area contributed by atoms with Gasteiger partial charge in [-0.25, -0.2) is 8.42 Å². The van der Waals surface area contributed by atoms with Gasteiger partial charge in [0.25, 0.3) is 0 Å². The number of nitrogens with two attached hydrogens (primary N) is 1. The maximum Gasteiger partial charge on any atom is 0.243 e. The first-order valence-electron chi connectivity index (χ1n) is 7.66. The van der Waals surface area contributed by atoms with Gasteiger partial charge in [-0.15, -0.1) is 0 Å². The highest BCUT2D eigenvalue weighted by Gasteiger charge is 2.28. The van der Waals surface area contributed by atoms with Crippen molar-refractivity contribution in [1.82, 2.24) is 4.31 Å². The van der Waals surface area contributed by atoms with Crippen molar-refractivity contribution in [1.29, 1.82) is 0 Å². The predicted molar refractivity (Wildman–Crippen MR) is 85.6 cm³/mol. The minimum absolute atomic E-state index is 0.367. The summed E-state index contributed by atoms with van der Waals surface area (Å²) >= 11 is 0. The van der Waals surface area contributed by atoms with E-state index in [0.29, 0.717) is 30.4 Å². The summed E-state index contributed by atoms with van der Waals surface area (Å²) < 4.78 is 27.5. The largest absolute Gasteiger partial charge is 0.326 e. The van der Waals surface area contributed by atoms with E-state index in [2.05, 4.69) is 6.92 Å². The molecule has 5 heteroatoms. The van der Waals surface area contributed by atoms with Crippen LogP contribution in [0.2, 0.25) is 0 Å². The van der Waals surface area contributed by atoms with Crippen LogP contribution in [0, 0.1) is 19.8 Å². The number of benzene rings is 1. The number of nitrogens with zero attached hydrogens (tertiary/aromatic N) is 1. The van der Waals surface area contributed by atoms with Crippen molar-refractivity contribution in [3.8, 4) is 0 Å². The van der Waals surface area contributed by atoms with Crippen LogP contribution in [0.25, 0.3) is 0 Å². The third kappa shape index (κ3) is 3.47. The lowest BCUT2D eigenvalue weighted by molar-refractivity contribution is 0.416. The summed E-state index contributed by atoms with van der Waals surface area (Å²) in [5.74, 6) is 0.601. The van der Waals surface area contributed by atoms with E-state index >= 15 is 0 Å². The van der Waals surface area contributed by atoms with Crippen LogP contribution < -0.4 is 5.73 Å². The highest BCUT2D eigenvalue weighted by Crippen LogP contribution is 2.26. The molecule has 1 unspecified atom stereocenters. The highest BCUT2D eigenvalue weighted by atomic mass is 32.2. The van der Waals surface area contributed by atoms with Crippen molar-refractivity contribution in [2.24, 2.45) is 11.7 Å². The summed E-state index contributed by atoms with van der Waals surface area (Å²) in [6.07, 6.45) is 2.98. The first-order valence-corrected chi connectivity index (χ1v) is 9.10. The number of sulfonamides is 1. The van der Waals surface area contributed by atoms with E-state index in [1.54, 1.807) is 10.4 Å². The van der Waals surface area contributed by atoms with Gasteiger partial charge in [0.2, 0.25) is 10.0 Å². The number of hydrogen-bond donors (Lipinski definition) is 1. The molecule has 1 aromatic rings. The van der Waals surface area contributed by atoms with Gasteiger partial charge in [0.15, 0.2) is 0 Å². The summed E-state index contributed by atoms with van der Waals surface area (Å²) in [6.45, 7) is 7.64. The third-order valence-electron chi connectivity index (χ3n) is 4.45. The normalized spacial score (nSPS) is 21.2. The molecule has 1 aromatic carbocycles. The van der Waals surface area contributed by atoms with E-state index in [1.165, 1.54) is 0 Å². The molecule has 0 bridgehead atoms. The molecular weight excluding hydrogens is 284 g/mol. The third-order valence-corrected chi connectivity index (χ3v) is 6.49. The Labute approximate surface area is 128 Å². The summed E-state index contributed by atoms with van der Waals surface area (Å²) in [6, 6.07) is 3.68.